The molecular formula is C16H10N4O. The van der Waals surface area contributed by atoms with Crippen molar-refractivity contribution in [1.29, 1.82) is 0 Å². The quantitative estimate of drug-likeness (QED) is 0.533. The van der Waals surface area contributed by atoms with Crippen LogP contribution in [0.1, 0.15) is 21.6 Å². The zero-order chi connectivity index (χ0) is 14.4. The zero-order valence-electron chi connectivity index (χ0n) is 11.2. The van der Waals surface area contributed by atoms with Crippen molar-refractivity contribution >= 4 is 5.78 Å². The third-order valence-electron chi connectivity index (χ3n) is 3.47. The Morgan fingerprint density at radius 3 is 2.57 bits per heavy atom. The Morgan fingerprint density at radius 2 is 1.76 bits per heavy atom. The zero-order valence-corrected chi connectivity index (χ0v) is 11.2. The molecule has 0 saturated heterocycles. The van der Waals surface area contributed by atoms with Gasteiger partial charge >= 0.3 is 0 Å². The summed E-state index contributed by atoms with van der Waals surface area (Å²) in [5, 5.41) is 8.11. The first-order chi connectivity index (χ1) is 10.2. The van der Waals surface area contributed by atoms with E-state index in [2.05, 4.69) is 20.2 Å². The Balaban J connectivity index is 1.93. The third kappa shape index (κ3) is 1.74. The molecule has 1 aromatic carbocycles. The number of aryl methyl sites for hydroxylation is 1. The Kier molecular flexibility index (Phi) is 2.41. The van der Waals surface area contributed by atoms with Gasteiger partial charge in [-0.1, -0.05) is 24.3 Å². The molecule has 0 N–H and O–H groups in total. The average molecular weight is 274 g/mol. The summed E-state index contributed by atoms with van der Waals surface area (Å²) in [6.07, 6.45) is 1.71. The van der Waals surface area contributed by atoms with Crippen molar-refractivity contribution in [2.24, 2.45) is 0 Å². The summed E-state index contributed by atoms with van der Waals surface area (Å²) < 4.78 is 0. The summed E-state index contributed by atoms with van der Waals surface area (Å²) in [6.45, 7) is 1.98. The fourth-order valence-electron chi connectivity index (χ4n) is 2.45. The maximum absolute atomic E-state index is 12.2. The van der Waals surface area contributed by atoms with Crippen LogP contribution in [-0.2, 0) is 0 Å². The van der Waals surface area contributed by atoms with Gasteiger partial charge in [-0.2, -0.15) is 0 Å². The molecule has 2 heterocycles. The molecule has 0 fully saturated rings. The first kappa shape index (κ1) is 11.8. The number of nitrogens with zero attached hydrogens (tertiary/aromatic N) is 4. The van der Waals surface area contributed by atoms with Crippen LogP contribution in [0.5, 0.6) is 0 Å². The molecule has 0 unspecified atom stereocenters. The number of rotatable bonds is 1. The summed E-state index contributed by atoms with van der Waals surface area (Å²) in [5.74, 6) is 0.311. The van der Waals surface area contributed by atoms with Crippen molar-refractivity contribution in [1.82, 2.24) is 20.2 Å². The van der Waals surface area contributed by atoms with E-state index in [-0.39, 0.29) is 5.78 Å². The second-order valence-electron chi connectivity index (χ2n) is 4.93. The van der Waals surface area contributed by atoms with Crippen molar-refractivity contribution in [2.75, 3.05) is 0 Å². The molecule has 1 aliphatic rings. The van der Waals surface area contributed by atoms with Crippen molar-refractivity contribution in [2.45, 2.75) is 6.92 Å². The van der Waals surface area contributed by atoms with Crippen LogP contribution in [0.3, 0.4) is 0 Å². The van der Waals surface area contributed by atoms with E-state index in [1.807, 2.05) is 37.3 Å². The molecule has 0 atom stereocenters. The topological polar surface area (TPSA) is 68.6 Å². The fraction of sp³-hybridized carbons (Fsp3) is 0.0625. The minimum Gasteiger partial charge on any atom is -0.287 e. The van der Waals surface area contributed by atoms with Crippen LogP contribution in [0.15, 0.2) is 42.6 Å². The first-order valence-corrected chi connectivity index (χ1v) is 6.56. The van der Waals surface area contributed by atoms with Crippen LogP contribution in [0, 0.1) is 6.92 Å². The van der Waals surface area contributed by atoms with Gasteiger partial charge in [0.25, 0.3) is 0 Å². The number of pyridine rings is 1. The molecule has 0 saturated carbocycles. The summed E-state index contributed by atoms with van der Waals surface area (Å²) >= 11 is 0. The molecule has 5 nitrogen and oxygen atoms in total. The van der Waals surface area contributed by atoms with Gasteiger partial charge in [-0.3, -0.25) is 9.78 Å². The van der Waals surface area contributed by atoms with E-state index < -0.39 is 0 Å². The molecule has 0 radical (unpaired) electrons. The van der Waals surface area contributed by atoms with Gasteiger partial charge in [0.05, 0.1) is 0 Å². The lowest BCUT2D eigenvalue weighted by molar-refractivity contribution is 0.103. The number of carbonyl (C=O) groups is 1. The van der Waals surface area contributed by atoms with Gasteiger partial charge in [0.1, 0.15) is 11.4 Å². The molecule has 100 valence electrons. The smallest absolute Gasteiger partial charge is 0.216 e. The van der Waals surface area contributed by atoms with Crippen LogP contribution in [-0.4, -0.2) is 25.9 Å². The lowest BCUT2D eigenvalue weighted by Crippen LogP contribution is -2.03. The lowest BCUT2D eigenvalue weighted by Gasteiger charge is -2.02. The van der Waals surface area contributed by atoms with Crippen molar-refractivity contribution in [3.63, 3.8) is 0 Å². The van der Waals surface area contributed by atoms with E-state index >= 15 is 0 Å². The van der Waals surface area contributed by atoms with E-state index in [1.54, 1.807) is 12.3 Å². The van der Waals surface area contributed by atoms with Crippen LogP contribution in [0.25, 0.3) is 22.8 Å². The molecule has 0 bridgehead atoms. The highest BCUT2D eigenvalue weighted by molar-refractivity contribution is 6.19. The lowest BCUT2D eigenvalue weighted by atomic mass is 10.1. The van der Waals surface area contributed by atoms with E-state index in [1.165, 1.54) is 0 Å². The van der Waals surface area contributed by atoms with E-state index in [0.717, 1.165) is 11.1 Å². The van der Waals surface area contributed by atoms with Crippen molar-refractivity contribution in [3.8, 4) is 22.8 Å². The minimum absolute atomic E-state index is 0.121. The maximum atomic E-state index is 12.2. The number of hydrogen-bond donors (Lipinski definition) is 0. The van der Waals surface area contributed by atoms with Crippen molar-refractivity contribution < 1.29 is 4.79 Å². The number of fused-ring (bicyclic) bond motifs is 3. The molecule has 21 heavy (non-hydrogen) atoms. The van der Waals surface area contributed by atoms with Gasteiger partial charge in [0.2, 0.25) is 11.6 Å². The fourth-order valence-corrected chi connectivity index (χ4v) is 2.45. The molecule has 4 rings (SSSR count). The third-order valence-corrected chi connectivity index (χ3v) is 3.47. The molecule has 0 aliphatic heterocycles. The Hall–Kier alpha value is -2.95. The average Bonchev–Trinajstić information content (AvgIpc) is 2.81. The van der Waals surface area contributed by atoms with Crippen LogP contribution in [0.2, 0.25) is 0 Å². The SMILES string of the molecule is Cc1ccnc(-c2nnc3c(n2)-c2ccccc2C3=O)c1. The molecular weight excluding hydrogens is 264 g/mol. The van der Waals surface area contributed by atoms with Gasteiger partial charge in [0, 0.05) is 17.3 Å². The highest BCUT2D eigenvalue weighted by Gasteiger charge is 2.30. The van der Waals surface area contributed by atoms with Crippen LogP contribution in [0.4, 0.5) is 0 Å². The van der Waals surface area contributed by atoms with Gasteiger partial charge < -0.3 is 0 Å². The highest BCUT2D eigenvalue weighted by atomic mass is 16.1. The second kappa shape index (κ2) is 4.28. The van der Waals surface area contributed by atoms with Crippen LogP contribution < -0.4 is 0 Å². The Morgan fingerprint density at radius 1 is 0.952 bits per heavy atom. The molecule has 5 heteroatoms. The predicted molar refractivity (Wildman–Crippen MR) is 76.7 cm³/mol. The van der Waals surface area contributed by atoms with Crippen molar-refractivity contribution in [3.05, 3.63) is 59.4 Å². The molecule has 0 amide bonds. The van der Waals surface area contributed by atoms with Gasteiger partial charge in [0.15, 0.2) is 5.69 Å². The number of ketones is 1. The van der Waals surface area contributed by atoms with Gasteiger partial charge in [-0.05, 0) is 24.6 Å². The molecule has 3 aromatic rings. The first-order valence-electron chi connectivity index (χ1n) is 6.56. The van der Waals surface area contributed by atoms with Gasteiger partial charge in [-0.15, -0.1) is 10.2 Å². The largest absolute Gasteiger partial charge is 0.287 e. The summed E-state index contributed by atoms with van der Waals surface area (Å²) in [5.41, 5.74) is 4.06. The van der Waals surface area contributed by atoms with E-state index in [0.29, 0.717) is 28.5 Å². The number of carbonyl (C=O) groups excluding carboxylic acids is 1. The number of hydrogen-bond acceptors (Lipinski definition) is 5. The molecule has 1 aliphatic carbocycles. The Bertz CT molecular complexity index is 889. The highest BCUT2D eigenvalue weighted by Crippen LogP contribution is 2.33. The van der Waals surface area contributed by atoms with E-state index in [9.17, 15) is 4.79 Å². The minimum atomic E-state index is -0.121. The maximum Gasteiger partial charge on any atom is 0.216 e. The number of benzene rings is 1. The Labute approximate surface area is 120 Å². The number of aromatic nitrogens is 4. The second-order valence-corrected chi connectivity index (χ2v) is 4.93. The predicted octanol–water partition coefficient (Wildman–Crippen LogP) is 2.45. The van der Waals surface area contributed by atoms with E-state index in [4.69, 9.17) is 0 Å². The molecule has 0 spiro atoms. The van der Waals surface area contributed by atoms with Gasteiger partial charge in [-0.25, -0.2) is 4.98 Å². The monoisotopic (exact) mass is 274 g/mol. The summed E-state index contributed by atoms with van der Waals surface area (Å²) in [4.78, 5) is 21.0. The summed E-state index contributed by atoms with van der Waals surface area (Å²) in [6, 6.07) is 11.2. The molecule has 2 aromatic heterocycles. The normalized spacial score (nSPS) is 12.1. The summed E-state index contributed by atoms with van der Waals surface area (Å²) in [7, 11) is 0. The standard InChI is InChI=1S/C16H10N4O/c1-9-6-7-17-12(8-9)16-18-13-10-4-2-3-5-11(10)15(21)14(13)19-20-16/h2-8H,1H3. The van der Waals surface area contributed by atoms with Crippen LogP contribution >= 0.6 is 0 Å².